The van der Waals surface area contributed by atoms with Crippen LogP contribution in [-0.2, 0) is 19.5 Å². The van der Waals surface area contributed by atoms with Gasteiger partial charge in [-0.05, 0) is 22.3 Å². The fourth-order valence-corrected chi connectivity index (χ4v) is 1.51. The van der Waals surface area contributed by atoms with E-state index in [0.29, 0.717) is 0 Å². The Morgan fingerprint density at radius 1 is 0.696 bits per heavy atom. The Labute approximate surface area is 147 Å². The number of carbonyl (C=O) groups is 2. The number of aromatic carboxylic acids is 2. The molecule has 0 aliphatic carbocycles. The zero-order valence-corrected chi connectivity index (χ0v) is 15.5. The largest absolute Gasteiger partial charge is 2.00 e. The fourth-order valence-electron chi connectivity index (χ4n) is 1.51. The summed E-state index contributed by atoms with van der Waals surface area (Å²) in [5.41, 5.74) is 2.18. The van der Waals surface area contributed by atoms with Gasteiger partial charge < -0.3 is 19.8 Å². The normalized spacial score (nSPS) is 8.70. The minimum atomic E-state index is -1.15. The van der Waals surface area contributed by atoms with Crippen LogP contribution in [0.3, 0.4) is 0 Å². The minimum absolute atomic E-state index is 0. The maximum atomic E-state index is 10.3. The molecule has 2 aromatic carbocycles. The molecular weight excluding hydrogens is 346 g/mol. The molecule has 0 spiro atoms. The van der Waals surface area contributed by atoms with Crippen LogP contribution in [0.1, 0.15) is 31.8 Å². The average Bonchev–Trinajstić information content (AvgIpc) is 2.55. The van der Waals surface area contributed by atoms with E-state index in [4.69, 9.17) is 0 Å². The maximum absolute atomic E-state index is 10.3. The van der Waals surface area contributed by atoms with E-state index < -0.39 is 11.9 Å². The summed E-state index contributed by atoms with van der Waals surface area (Å²) in [6.07, 6.45) is 3.30. The van der Waals surface area contributed by atoms with Crippen molar-refractivity contribution in [3.63, 3.8) is 0 Å². The molecule has 23 heavy (non-hydrogen) atoms. The molecule has 0 aliphatic rings. The van der Waals surface area contributed by atoms with Gasteiger partial charge in [0.25, 0.3) is 0 Å². The number of benzene rings is 2. The first-order valence-corrected chi connectivity index (χ1v) is 6.35. The molecule has 0 atom stereocenters. The second kappa shape index (κ2) is 10.2. The summed E-state index contributed by atoms with van der Waals surface area (Å²) < 4.78 is 0. The molecule has 2 aromatic rings. The van der Waals surface area contributed by atoms with Crippen LogP contribution in [0.2, 0.25) is 0 Å². The van der Waals surface area contributed by atoms with Crippen LogP contribution in [0.5, 0.6) is 0 Å². The van der Waals surface area contributed by atoms with E-state index in [-0.39, 0.29) is 30.6 Å². The molecule has 112 valence electrons. The van der Waals surface area contributed by atoms with Gasteiger partial charge in [-0.15, -0.1) is 0 Å². The first-order chi connectivity index (χ1) is 10.5. The van der Waals surface area contributed by atoms with Crippen LogP contribution in [0.25, 0.3) is 12.2 Å². The predicted molar refractivity (Wildman–Crippen MR) is 81.7 cm³/mol. The van der Waals surface area contributed by atoms with Gasteiger partial charge in [0.2, 0.25) is 0 Å². The summed E-state index contributed by atoms with van der Waals surface area (Å²) >= 11 is 0. The summed E-state index contributed by atoms with van der Waals surface area (Å²) in [6, 6.07) is 12.7. The van der Waals surface area contributed by atoms with Gasteiger partial charge in [0.1, 0.15) is 0 Å². The summed E-state index contributed by atoms with van der Waals surface area (Å²) in [4.78, 5) is 20.5. The number of hydrogen-bond donors (Lipinski definition) is 0. The van der Waals surface area contributed by atoms with Crippen LogP contribution in [0, 0.1) is 0 Å². The molecule has 0 bridgehead atoms. The van der Waals surface area contributed by atoms with Crippen molar-refractivity contribution < 1.29 is 39.3 Å². The molecule has 0 fully saturated rings. The zero-order chi connectivity index (χ0) is 16.5. The second-order valence-corrected chi connectivity index (χ2v) is 4.23. The summed E-state index contributed by atoms with van der Waals surface area (Å²) in [7, 11) is 0. The average molecular weight is 360 g/mol. The van der Waals surface area contributed by atoms with Gasteiger partial charge in [-0.1, -0.05) is 73.8 Å². The van der Waals surface area contributed by atoms with E-state index in [0.717, 1.165) is 11.1 Å². The van der Waals surface area contributed by atoms with Crippen molar-refractivity contribution in [2.45, 2.75) is 0 Å². The third-order valence-corrected chi connectivity index (χ3v) is 2.76. The van der Waals surface area contributed by atoms with Crippen LogP contribution in [0.4, 0.5) is 0 Å². The van der Waals surface area contributed by atoms with Crippen molar-refractivity contribution >= 4 is 24.1 Å². The number of carbonyl (C=O) groups excluding carboxylic acids is 2. The Hall–Kier alpha value is -2.52. The number of carboxylic acid groups (broad SMARTS) is 2. The first kappa shape index (κ1) is 20.5. The molecule has 0 radical (unpaired) electrons. The number of hydrogen-bond acceptors (Lipinski definition) is 4. The first-order valence-electron chi connectivity index (χ1n) is 6.35. The molecule has 0 aromatic heterocycles. The van der Waals surface area contributed by atoms with Gasteiger partial charge >= 0.3 is 19.5 Å². The molecule has 0 saturated carbocycles. The molecule has 2 rings (SSSR count). The standard InChI is InChI=1S/2C9H8O2.Zn/c2*1-2-7-3-5-8(6-4-7)9(10)11;/h2*2-6H,1H2,(H,10,11);/q;;+2/p-2. The van der Waals surface area contributed by atoms with E-state index in [1.165, 1.54) is 24.3 Å². The van der Waals surface area contributed by atoms with Crippen LogP contribution >= 0.6 is 0 Å². The van der Waals surface area contributed by atoms with Gasteiger partial charge in [0, 0.05) is 0 Å². The Kier molecular flexibility index (Phi) is 9.13. The molecule has 0 unspecified atom stereocenters. The molecule has 0 aliphatic heterocycles. The van der Waals surface area contributed by atoms with E-state index >= 15 is 0 Å². The van der Waals surface area contributed by atoms with Crippen molar-refractivity contribution in [2.24, 2.45) is 0 Å². The van der Waals surface area contributed by atoms with Crippen LogP contribution < -0.4 is 10.2 Å². The maximum Gasteiger partial charge on any atom is 2.00 e. The van der Waals surface area contributed by atoms with Gasteiger partial charge in [0.05, 0.1) is 11.9 Å². The number of carboxylic acids is 2. The van der Waals surface area contributed by atoms with Crippen molar-refractivity contribution in [1.82, 2.24) is 0 Å². The van der Waals surface area contributed by atoms with E-state index in [1.807, 2.05) is 0 Å². The minimum Gasteiger partial charge on any atom is -0.545 e. The Morgan fingerprint density at radius 3 is 1.13 bits per heavy atom. The molecule has 5 heteroatoms. The summed E-state index contributed by atoms with van der Waals surface area (Å²) in [6.45, 7) is 7.08. The Morgan fingerprint density at radius 2 is 0.957 bits per heavy atom. The third kappa shape index (κ3) is 6.85. The van der Waals surface area contributed by atoms with Crippen molar-refractivity contribution in [2.75, 3.05) is 0 Å². The molecular formula is C18H14O4Zn. The van der Waals surface area contributed by atoms with Gasteiger partial charge in [-0.3, -0.25) is 0 Å². The fraction of sp³-hybridized carbons (Fsp3) is 0. The molecule has 0 saturated heterocycles. The third-order valence-electron chi connectivity index (χ3n) is 2.76. The number of rotatable bonds is 4. The van der Waals surface area contributed by atoms with Crippen LogP contribution in [-0.4, -0.2) is 11.9 Å². The van der Waals surface area contributed by atoms with Gasteiger partial charge in [0.15, 0.2) is 0 Å². The molecule has 4 nitrogen and oxygen atoms in total. The van der Waals surface area contributed by atoms with E-state index in [9.17, 15) is 19.8 Å². The topological polar surface area (TPSA) is 80.3 Å². The Bertz CT molecular complexity index is 612. The van der Waals surface area contributed by atoms with Gasteiger partial charge in [-0.2, -0.15) is 0 Å². The summed E-state index contributed by atoms with van der Waals surface area (Å²) in [5, 5.41) is 20.5. The SMILES string of the molecule is C=Cc1ccc(C(=O)[O-])cc1.C=Cc1ccc(C(=O)[O-])cc1.[Zn+2]. The molecule has 0 heterocycles. The van der Waals surface area contributed by atoms with Crippen molar-refractivity contribution in [3.8, 4) is 0 Å². The molecule has 0 N–H and O–H groups in total. The van der Waals surface area contributed by atoms with E-state index in [2.05, 4.69) is 13.2 Å². The van der Waals surface area contributed by atoms with Gasteiger partial charge in [-0.25, -0.2) is 0 Å². The summed E-state index contributed by atoms with van der Waals surface area (Å²) in [5.74, 6) is -2.30. The van der Waals surface area contributed by atoms with Crippen molar-refractivity contribution in [1.29, 1.82) is 0 Å². The van der Waals surface area contributed by atoms with Crippen molar-refractivity contribution in [3.05, 3.63) is 83.9 Å². The Balaban J connectivity index is 0.000000403. The smallest absolute Gasteiger partial charge is 0.545 e. The van der Waals surface area contributed by atoms with E-state index in [1.54, 1.807) is 36.4 Å². The quantitative estimate of drug-likeness (QED) is 0.772. The second-order valence-electron chi connectivity index (χ2n) is 4.23. The predicted octanol–water partition coefficient (Wildman–Crippen LogP) is 1.38. The zero-order valence-electron chi connectivity index (χ0n) is 12.5. The van der Waals surface area contributed by atoms with Crippen LogP contribution in [0.15, 0.2) is 61.7 Å². The molecule has 0 amide bonds. The monoisotopic (exact) mass is 358 g/mol.